The molecule has 1 aromatic heterocycles. The largest absolute Gasteiger partial charge is 0.353 e. The van der Waals surface area contributed by atoms with E-state index in [1.54, 1.807) is 12.5 Å². The Morgan fingerprint density at radius 3 is 3.18 bits per heavy atom. The number of aromatic nitrogens is 2. The van der Waals surface area contributed by atoms with Gasteiger partial charge in [-0.2, -0.15) is 0 Å². The van der Waals surface area contributed by atoms with E-state index in [0.29, 0.717) is 12.6 Å². The highest BCUT2D eigenvalue weighted by molar-refractivity contribution is 5.81. The van der Waals surface area contributed by atoms with Crippen molar-refractivity contribution in [2.45, 2.75) is 44.8 Å². The molecule has 2 heterocycles. The van der Waals surface area contributed by atoms with Gasteiger partial charge in [0.25, 0.3) is 0 Å². The van der Waals surface area contributed by atoms with Crippen LogP contribution in [0.2, 0.25) is 0 Å². The number of nitrogens with zero attached hydrogens (tertiary/aromatic N) is 2. The van der Waals surface area contributed by atoms with Crippen molar-refractivity contribution in [1.82, 2.24) is 20.2 Å². The Balaban J connectivity index is 1.70. The summed E-state index contributed by atoms with van der Waals surface area (Å²) in [4.78, 5) is 15.8. The van der Waals surface area contributed by atoms with Crippen molar-refractivity contribution in [2.75, 3.05) is 6.54 Å². The Bertz CT molecular complexity index is 349. The molecule has 0 radical (unpaired) electrons. The number of amides is 1. The molecule has 2 N–H and O–H groups in total. The first kappa shape index (κ1) is 12.1. The minimum atomic E-state index is -0.0125. The monoisotopic (exact) mass is 236 g/mol. The van der Waals surface area contributed by atoms with Gasteiger partial charge >= 0.3 is 0 Å². The van der Waals surface area contributed by atoms with Crippen LogP contribution in [0, 0.1) is 0 Å². The van der Waals surface area contributed by atoms with Crippen LogP contribution in [0.4, 0.5) is 0 Å². The third-order valence-corrected chi connectivity index (χ3v) is 3.16. The van der Waals surface area contributed by atoms with Gasteiger partial charge in [0.2, 0.25) is 5.91 Å². The van der Waals surface area contributed by atoms with Crippen molar-refractivity contribution in [2.24, 2.45) is 0 Å². The average molecular weight is 236 g/mol. The Hall–Kier alpha value is -1.36. The Morgan fingerprint density at radius 1 is 1.59 bits per heavy atom. The van der Waals surface area contributed by atoms with Crippen LogP contribution in [0.3, 0.4) is 0 Å². The zero-order valence-electron chi connectivity index (χ0n) is 10.2. The Labute approximate surface area is 102 Å². The molecule has 1 aliphatic rings. The number of rotatable bonds is 4. The predicted octanol–water partition coefficient (Wildman–Crippen LogP) is 0.530. The van der Waals surface area contributed by atoms with Crippen molar-refractivity contribution in [3.63, 3.8) is 0 Å². The van der Waals surface area contributed by atoms with E-state index in [2.05, 4.69) is 22.5 Å². The number of hydrogen-bond donors (Lipinski definition) is 2. The highest BCUT2D eigenvalue weighted by Crippen LogP contribution is 2.12. The predicted molar refractivity (Wildman–Crippen MR) is 65.5 cm³/mol. The molecule has 0 aromatic carbocycles. The second-order valence-corrected chi connectivity index (χ2v) is 4.64. The van der Waals surface area contributed by atoms with Gasteiger partial charge in [0, 0.05) is 31.5 Å². The van der Waals surface area contributed by atoms with E-state index in [1.807, 2.05) is 10.8 Å². The molecular formula is C12H20N4O. The standard InChI is InChI=1S/C12H20N4O/c1-10-3-2-4-11(15-10)12(17)14-6-8-16-7-5-13-9-16/h5,7,9-11,15H,2-4,6,8H2,1H3,(H,14,17). The molecule has 1 aliphatic heterocycles. The molecule has 0 saturated carbocycles. The van der Waals surface area contributed by atoms with Gasteiger partial charge in [0.15, 0.2) is 0 Å². The van der Waals surface area contributed by atoms with Gasteiger partial charge in [0.05, 0.1) is 12.4 Å². The van der Waals surface area contributed by atoms with Crippen LogP contribution >= 0.6 is 0 Å². The SMILES string of the molecule is CC1CCCC(C(=O)NCCn2ccnc2)N1. The van der Waals surface area contributed by atoms with Gasteiger partial charge in [-0.05, 0) is 26.2 Å². The summed E-state index contributed by atoms with van der Waals surface area (Å²) in [5, 5.41) is 6.29. The van der Waals surface area contributed by atoms with Crippen LogP contribution in [-0.2, 0) is 11.3 Å². The maximum Gasteiger partial charge on any atom is 0.237 e. The summed E-state index contributed by atoms with van der Waals surface area (Å²) in [6, 6.07) is 0.440. The average Bonchev–Trinajstić information content (AvgIpc) is 2.82. The molecule has 0 spiro atoms. The Morgan fingerprint density at radius 2 is 2.47 bits per heavy atom. The van der Waals surface area contributed by atoms with E-state index in [4.69, 9.17) is 0 Å². The smallest absolute Gasteiger partial charge is 0.237 e. The normalized spacial score (nSPS) is 24.5. The van der Waals surface area contributed by atoms with Crippen LogP contribution in [0.25, 0.3) is 0 Å². The minimum Gasteiger partial charge on any atom is -0.353 e. The zero-order chi connectivity index (χ0) is 12.1. The van der Waals surface area contributed by atoms with E-state index in [-0.39, 0.29) is 11.9 Å². The van der Waals surface area contributed by atoms with Gasteiger partial charge in [-0.3, -0.25) is 4.79 Å². The van der Waals surface area contributed by atoms with E-state index < -0.39 is 0 Å². The van der Waals surface area contributed by atoms with Gasteiger partial charge in [-0.25, -0.2) is 4.98 Å². The van der Waals surface area contributed by atoms with Crippen LogP contribution in [0.1, 0.15) is 26.2 Å². The highest BCUT2D eigenvalue weighted by atomic mass is 16.2. The molecule has 17 heavy (non-hydrogen) atoms. The van der Waals surface area contributed by atoms with E-state index in [1.165, 1.54) is 6.42 Å². The van der Waals surface area contributed by atoms with Crippen LogP contribution in [0.15, 0.2) is 18.7 Å². The molecule has 1 saturated heterocycles. The second-order valence-electron chi connectivity index (χ2n) is 4.64. The number of nitrogens with one attached hydrogen (secondary N) is 2. The van der Waals surface area contributed by atoms with Crippen molar-refractivity contribution < 1.29 is 4.79 Å². The number of hydrogen-bond acceptors (Lipinski definition) is 3. The number of carbonyl (C=O) groups is 1. The lowest BCUT2D eigenvalue weighted by Gasteiger charge is -2.27. The summed E-state index contributed by atoms with van der Waals surface area (Å²) in [6.07, 6.45) is 8.64. The first-order valence-corrected chi connectivity index (χ1v) is 6.25. The summed E-state index contributed by atoms with van der Waals surface area (Å²) in [6.45, 7) is 3.56. The molecule has 94 valence electrons. The van der Waals surface area contributed by atoms with Crippen LogP contribution < -0.4 is 10.6 Å². The molecule has 1 amide bonds. The summed E-state index contributed by atoms with van der Waals surface area (Å²) in [5.74, 6) is 0.122. The maximum absolute atomic E-state index is 11.9. The third-order valence-electron chi connectivity index (χ3n) is 3.16. The van der Waals surface area contributed by atoms with Crippen molar-refractivity contribution in [1.29, 1.82) is 0 Å². The van der Waals surface area contributed by atoms with Gasteiger partial charge in [-0.15, -0.1) is 0 Å². The minimum absolute atomic E-state index is 0.0125. The van der Waals surface area contributed by atoms with E-state index in [9.17, 15) is 4.79 Å². The molecule has 2 unspecified atom stereocenters. The van der Waals surface area contributed by atoms with Crippen LogP contribution in [0.5, 0.6) is 0 Å². The van der Waals surface area contributed by atoms with E-state index in [0.717, 1.165) is 19.4 Å². The summed E-state index contributed by atoms with van der Waals surface area (Å²) < 4.78 is 1.96. The molecule has 0 bridgehead atoms. The fourth-order valence-corrected chi connectivity index (χ4v) is 2.20. The molecule has 1 fully saturated rings. The molecular weight excluding hydrogens is 216 g/mol. The third kappa shape index (κ3) is 3.56. The van der Waals surface area contributed by atoms with Crippen molar-refractivity contribution in [3.05, 3.63) is 18.7 Å². The van der Waals surface area contributed by atoms with Gasteiger partial charge < -0.3 is 15.2 Å². The lowest BCUT2D eigenvalue weighted by molar-refractivity contribution is -0.124. The summed E-state index contributed by atoms with van der Waals surface area (Å²) >= 11 is 0. The quantitative estimate of drug-likeness (QED) is 0.801. The Kier molecular flexibility index (Phi) is 4.14. The van der Waals surface area contributed by atoms with Crippen molar-refractivity contribution in [3.8, 4) is 0 Å². The van der Waals surface area contributed by atoms with Crippen molar-refractivity contribution >= 4 is 5.91 Å². The lowest BCUT2D eigenvalue weighted by atomic mass is 9.99. The fourth-order valence-electron chi connectivity index (χ4n) is 2.20. The first-order valence-electron chi connectivity index (χ1n) is 6.25. The first-order chi connectivity index (χ1) is 8.25. The van der Waals surface area contributed by atoms with Gasteiger partial charge in [-0.1, -0.05) is 0 Å². The lowest BCUT2D eigenvalue weighted by Crippen LogP contribution is -2.50. The zero-order valence-corrected chi connectivity index (χ0v) is 10.2. The van der Waals surface area contributed by atoms with E-state index >= 15 is 0 Å². The highest BCUT2D eigenvalue weighted by Gasteiger charge is 2.23. The number of imidazole rings is 1. The molecule has 1 aromatic rings. The maximum atomic E-state index is 11.9. The topological polar surface area (TPSA) is 59.0 Å². The van der Waals surface area contributed by atoms with Gasteiger partial charge in [0.1, 0.15) is 0 Å². The number of carbonyl (C=O) groups excluding carboxylic acids is 1. The molecule has 2 rings (SSSR count). The molecule has 0 aliphatic carbocycles. The molecule has 2 atom stereocenters. The number of piperidine rings is 1. The summed E-state index contributed by atoms with van der Waals surface area (Å²) in [5.41, 5.74) is 0. The van der Waals surface area contributed by atoms with Crippen LogP contribution in [-0.4, -0.2) is 34.1 Å². The summed E-state index contributed by atoms with van der Waals surface area (Å²) in [7, 11) is 0. The molecule has 5 nitrogen and oxygen atoms in total. The second kappa shape index (κ2) is 5.82. The molecule has 5 heteroatoms. The fraction of sp³-hybridized carbons (Fsp3) is 0.667.